The fraction of sp³-hybridized carbons (Fsp3) is 0.588. The highest BCUT2D eigenvalue weighted by atomic mass is 35.5. The molecule has 128 valence electrons. The molecule has 1 heterocycles. The number of nitrogens with zero attached hydrogens (tertiary/aromatic N) is 2. The summed E-state index contributed by atoms with van der Waals surface area (Å²) in [5, 5.41) is 0.660. The van der Waals surface area contributed by atoms with E-state index < -0.39 is 0 Å². The summed E-state index contributed by atoms with van der Waals surface area (Å²) in [4.78, 5) is 16.8. The van der Waals surface area contributed by atoms with Gasteiger partial charge in [0.05, 0.1) is 7.11 Å². The predicted octanol–water partition coefficient (Wildman–Crippen LogP) is 1.91. The average molecular weight is 340 g/mol. The highest BCUT2D eigenvalue weighted by Gasteiger charge is 2.32. The summed E-state index contributed by atoms with van der Waals surface area (Å²) >= 11 is 5.95. The number of methoxy groups -OCH3 is 1. The van der Waals surface area contributed by atoms with Gasteiger partial charge in [0, 0.05) is 43.3 Å². The molecule has 1 saturated heterocycles. The fourth-order valence-corrected chi connectivity index (χ4v) is 3.13. The van der Waals surface area contributed by atoms with Crippen molar-refractivity contribution in [2.45, 2.75) is 25.4 Å². The van der Waals surface area contributed by atoms with E-state index in [4.69, 9.17) is 22.1 Å². The van der Waals surface area contributed by atoms with E-state index >= 15 is 0 Å². The third kappa shape index (κ3) is 5.18. The van der Waals surface area contributed by atoms with Crippen LogP contribution in [-0.4, -0.2) is 61.1 Å². The summed E-state index contributed by atoms with van der Waals surface area (Å²) < 4.78 is 5.01. The van der Waals surface area contributed by atoms with Gasteiger partial charge < -0.3 is 10.5 Å². The minimum absolute atomic E-state index is 0.208. The van der Waals surface area contributed by atoms with Gasteiger partial charge >= 0.3 is 5.97 Å². The Bertz CT molecular complexity index is 520. The Labute approximate surface area is 143 Å². The van der Waals surface area contributed by atoms with E-state index in [2.05, 4.69) is 9.80 Å². The second-order valence-electron chi connectivity index (χ2n) is 6.78. The Morgan fingerprint density at radius 3 is 2.30 bits per heavy atom. The number of hydrogen-bond donors (Lipinski definition) is 1. The number of carbonyl (C=O) groups excluding carboxylic acids is 1. The summed E-state index contributed by atoms with van der Waals surface area (Å²) in [5.74, 6) is -0.236. The molecule has 0 spiro atoms. The van der Waals surface area contributed by atoms with Crippen LogP contribution in [0, 0.1) is 0 Å². The molecule has 0 amide bonds. The molecule has 1 aromatic carbocycles. The lowest BCUT2D eigenvalue weighted by Gasteiger charge is -2.40. The Hall–Kier alpha value is -1.14. The van der Waals surface area contributed by atoms with Crippen LogP contribution in [0.25, 0.3) is 0 Å². The summed E-state index contributed by atoms with van der Waals surface area (Å²) in [5.41, 5.74) is 6.80. The molecule has 0 radical (unpaired) electrons. The number of piperazine rings is 1. The number of ether oxygens (including phenoxy) is 1. The molecule has 1 fully saturated rings. The van der Waals surface area contributed by atoms with Gasteiger partial charge in [-0.1, -0.05) is 23.7 Å². The van der Waals surface area contributed by atoms with Gasteiger partial charge in [-0.15, -0.1) is 0 Å². The Kier molecular flexibility index (Phi) is 6.03. The summed E-state index contributed by atoms with van der Waals surface area (Å²) in [6.45, 7) is 8.31. The lowest BCUT2D eigenvalue weighted by atomic mass is 10.0. The first-order chi connectivity index (χ1) is 10.8. The molecule has 2 rings (SSSR count). The van der Waals surface area contributed by atoms with E-state index in [-0.39, 0.29) is 17.6 Å². The quantitative estimate of drug-likeness (QED) is 0.830. The zero-order valence-corrected chi connectivity index (χ0v) is 14.8. The van der Waals surface area contributed by atoms with Gasteiger partial charge in [-0.05, 0) is 31.5 Å². The first kappa shape index (κ1) is 18.2. The van der Waals surface area contributed by atoms with E-state index in [9.17, 15) is 4.79 Å². The van der Waals surface area contributed by atoms with Crippen molar-refractivity contribution in [2.75, 3.05) is 39.8 Å². The van der Waals surface area contributed by atoms with Gasteiger partial charge in [0.2, 0.25) is 0 Å². The highest BCUT2D eigenvalue weighted by molar-refractivity contribution is 6.30. The monoisotopic (exact) mass is 339 g/mol. The van der Waals surface area contributed by atoms with Crippen LogP contribution in [0.4, 0.5) is 0 Å². The molecular formula is C17H26ClN3O2. The molecule has 0 bridgehead atoms. The minimum Gasteiger partial charge on any atom is -0.468 e. The Morgan fingerprint density at radius 2 is 1.83 bits per heavy atom. The average Bonchev–Trinajstić information content (AvgIpc) is 2.49. The van der Waals surface area contributed by atoms with Crippen LogP contribution >= 0.6 is 11.6 Å². The van der Waals surface area contributed by atoms with Gasteiger partial charge in [0.1, 0.15) is 6.04 Å². The predicted molar refractivity (Wildman–Crippen MR) is 92.5 cm³/mol. The molecular weight excluding hydrogens is 314 g/mol. The molecule has 1 atom stereocenters. The first-order valence-electron chi connectivity index (χ1n) is 7.89. The van der Waals surface area contributed by atoms with Crippen LogP contribution in [0.5, 0.6) is 0 Å². The van der Waals surface area contributed by atoms with Gasteiger partial charge in [-0.2, -0.15) is 0 Å². The fourth-order valence-electron chi connectivity index (χ4n) is 3.01. The zero-order valence-electron chi connectivity index (χ0n) is 14.1. The standard InChI is InChI=1S/C17H26ClN3O2/c1-17(2,19)12-20-8-10-21(11-9-20)15(16(22)23-3)13-4-6-14(18)7-5-13/h4-7,15H,8-12,19H2,1-3H3. The van der Waals surface area contributed by atoms with Gasteiger partial charge in [0.25, 0.3) is 0 Å². The van der Waals surface area contributed by atoms with Crippen LogP contribution in [0.1, 0.15) is 25.5 Å². The van der Waals surface area contributed by atoms with Crippen LogP contribution in [0.15, 0.2) is 24.3 Å². The van der Waals surface area contributed by atoms with Crippen molar-refractivity contribution in [1.82, 2.24) is 9.80 Å². The van der Waals surface area contributed by atoms with Gasteiger partial charge in [-0.25, -0.2) is 4.79 Å². The number of nitrogens with two attached hydrogens (primary N) is 1. The van der Waals surface area contributed by atoms with Crippen molar-refractivity contribution in [3.63, 3.8) is 0 Å². The normalized spacial score (nSPS) is 18.7. The minimum atomic E-state index is -0.384. The number of carbonyl (C=O) groups is 1. The molecule has 1 unspecified atom stereocenters. The lowest BCUT2D eigenvalue weighted by molar-refractivity contribution is -0.148. The largest absolute Gasteiger partial charge is 0.468 e. The van der Waals surface area contributed by atoms with Crippen molar-refractivity contribution >= 4 is 17.6 Å². The van der Waals surface area contributed by atoms with Crippen molar-refractivity contribution in [3.8, 4) is 0 Å². The van der Waals surface area contributed by atoms with E-state index in [0.29, 0.717) is 5.02 Å². The Morgan fingerprint density at radius 1 is 1.26 bits per heavy atom. The van der Waals surface area contributed by atoms with E-state index in [0.717, 1.165) is 38.3 Å². The third-order valence-corrected chi connectivity index (χ3v) is 4.27. The van der Waals surface area contributed by atoms with Crippen molar-refractivity contribution < 1.29 is 9.53 Å². The third-order valence-electron chi connectivity index (χ3n) is 4.01. The number of hydrogen-bond acceptors (Lipinski definition) is 5. The van der Waals surface area contributed by atoms with Gasteiger partial charge in [-0.3, -0.25) is 9.80 Å². The van der Waals surface area contributed by atoms with E-state index in [1.165, 1.54) is 7.11 Å². The Balaban J connectivity index is 2.07. The number of rotatable bonds is 5. The summed E-state index contributed by atoms with van der Waals surface area (Å²) in [6, 6.07) is 7.00. The topological polar surface area (TPSA) is 58.8 Å². The molecule has 0 aliphatic carbocycles. The summed E-state index contributed by atoms with van der Waals surface area (Å²) in [6.07, 6.45) is 0. The maximum Gasteiger partial charge on any atom is 0.327 e. The number of benzene rings is 1. The van der Waals surface area contributed by atoms with Crippen molar-refractivity contribution in [3.05, 3.63) is 34.9 Å². The van der Waals surface area contributed by atoms with E-state index in [1.807, 2.05) is 26.0 Å². The second-order valence-corrected chi connectivity index (χ2v) is 7.21. The molecule has 6 heteroatoms. The zero-order chi connectivity index (χ0) is 17.0. The molecule has 1 aliphatic heterocycles. The SMILES string of the molecule is COC(=O)C(c1ccc(Cl)cc1)N1CCN(CC(C)(C)N)CC1. The van der Waals surface area contributed by atoms with Crippen LogP contribution in [-0.2, 0) is 9.53 Å². The maximum atomic E-state index is 12.3. The molecule has 0 saturated carbocycles. The molecule has 2 N–H and O–H groups in total. The highest BCUT2D eigenvalue weighted by Crippen LogP contribution is 2.25. The number of esters is 1. The van der Waals surface area contributed by atoms with Crippen LogP contribution in [0.3, 0.4) is 0 Å². The summed E-state index contributed by atoms with van der Waals surface area (Å²) in [7, 11) is 1.43. The maximum absolute atomic E-state index is 12.3. The number of halogens is 1. The van der Waals surface area contributed by atoms with Crippen LogP contribution in [0.2, 0.25) is 5.02 Å². The second kappa shape index (κ2) is 7.62. The first-order valence-corrected chi connectivity index (χ1v) is 8.26. The van der Waals surface area contributed by atoms with E-state index in [1.54, 1.807) is 12.1 Å². The van der Waals surface area contributed by atoms with Gasteiger partial charge in [0.15, 0.2) is 0 Å². The molecule has 5 nitrogen and oxygen atoms in total. The van der Waals surface area contributed by atoms with Crippen molar-refractivity contribution in [2.24, 2.45) is 5.73 Å². The molecule has 23 heavy (non-hydrogen) atoms. The lowest BCUT2D eigenvalue weighted by Crippen LogP contribution is -2.54. The molecule has 0 aromatic heterocycles. The van der Waals surface area contributed by atoms with Crippen molar-refractivity contribution in [1.29, 1.82) is 0 Å². The molecule has 1 aromatic rings. The van der Waals surface area contributed by atoms with Crippen LogP contribution < -0.4 is 5.73 Å². The molecule has 1 aliphatic rings. The smallest absolute Gasteiger partial charge is 0.327 e.